The number of phenolic OH excluding ortho intramolecular Hbond substituents is 1. The maximum Gasteiger partial charge on any atom is 0.573 e. The van der Waals surface area contributed by atoms with Crippen molar-refractivity contribution in [1.29, 1.82) is 0 Å². The Morgan fingerprint density at radius 2 is 2.00 bits per heavy atom. The minimum atomic E-state index is -4.94. The smallest absolute Gasteiger partial charge is 0.506 e. The van der Waals surface area contributed by atoms with Gasteiger partial charge in [-0.15, -0.1) is 13.2 Å². The molecule has 158 valence electrons. The van der Waals surface area contributed by atoms with E-state index in [4.69, 9.17) is 0 Å². The van der Waals surface area contributed by atoms with E-state index in [-0.39, 0.29) is 22.8 Å². The van der Waals surface area contributed by atoms with Gasteiger partial charge in [0.1, 0.15) is 22.8 Å². The van der Waals surface area contributed by atoms with E-state index < -0.39 is 35.9 Å². The Kier molecular flexibility index (Phi) is 4.71. The number of hydrogen-bond acceptors (Lipinski definition) is 5. The number of ether oxygens (including phenoxy) is 1. The number of aromatic hydroxyl groups is 1. The van der Waals surface area contributed by atoms with Crippen molar-refractivity contribution in [2.24, 2.45) is 0 Å². The van der Waals surface area contributed by atoms with Crippen molar-refractivity contribution in [3.8, 4) is 11.5 Å². The van der Waals surface area contributed by atoms with Crippen LogP contribution in [0, 0.1) is 0 Å². The van der Waals surface area contributed by atoms with Crippen molar-refractivity contribution < 1.29 is 36.6 Å². The fourth-order valence-electron chi connectivity index (χ4n) is 2.91. The van der Waals surface area contributed by atoms with Gasteiger partial charge in [0.2, 0.25) is 0 Å². The second kappa shape index (κ2) is 7.11. The summed E-state index contributed by atoms with van der Waals surface area (Å²) >= 11 is 0. The van der Waals surface area contributed by atoms with Gasteiger partial charge in [0.05, 0.1) is 11.9 Å². The van der Waals surface area contributed by atoms with E-state index in [1.807, 2.05) is 0 Å². The molecular weight excluding hydrogens is 415 g/mol. The molecule has 0 radical (unpaired) electrons. The number of fused-ring (bicyclic) bond motifs is 1. The van der Waals surface area contributed by atoms with Crippen LogP contribution < -0.4 is 10.1 Å². The molecule has 1 amide bonds. The maximum absolute atomic E-state index is 13.4. The van der Waals surface area contributed by atoms with Crippen molar-refractivity contribution in [3.05, 3.63) is 47.4 Å². The Balaban J connectivity index is 1.64. The second-order valence-corrected chi connectivity index (χ2v) is 6.66. The number of amides is 1. The number of alkyl halides is 5. The van der Waals surface area contributed by atoms with Crippen molar-refractivity contribution in [3.63, 3.8) is 0 Å². The van der Waals surface area contributed by atoms with Gasteiger partial charge in [0, 0.05) is 17.7 Å². The number of rotatable bonds is 5. The normalized spacial score (nSPS) is 14.3. The van der Waals surface area contributed by atoms with Crippen molar-refractivity contribution in [2.45, 2.75) is 31.5 Å². The lowest BCUT2D eigenvalue weighted by Gasteiger charge is -2.11. The number of nitrogens with one attached hydrogen (secondary N) is 1. The number of nitrogens with zero attached hydrogens (tertiary/aromatic N) is 3. The van der Waals surface area contributed by atoms with E-state index in [1.54, 1.807) is 0 Å². The largest absolute Gasteiger partial charge is 0.573 e. The molecule has 0 bridgehead atoms. The fraction of sp³-hybridized carbons (Fsp3) is 0.278. The Labute approximate surface area is 165 Å². The number of carbonyl (C=O) groups is 1. The highest BCUT2D eigenvalue weighted by Gasteiger charge is 2.32. The minimum Gasteiger partial charge on any atom is -0.506 e. The highest BCUT2D eigenvalue weighted by Crippen LogP contribution is 2.40. The Morgan fingerprint density at radius 3 is 2.60 bits per heavy atom. The van der Waals surface area contributed by atoms with Crippen LogP contribution in [0.15, 0.2) is 30.5 Å². The summed E-state index contributed by atoms with van der Waals surface area (Å²) in [5, 5.41) is 16.0. The van der Waals surface area contributed by atoms with E-state index >= 15 is 0 Å². The molecule has 1 aliphatic carbocycles. The van der Waals surface area contributed by atoms with Gasteiger partial charge in [-0.3, -0.25) is 4.79 Å². The van der Waals surface area contributed by atoms with Gasteiger partial charge in [-0.2, -0.15) is 5.10 Å². The summed E-state index contributed by atoms with van der Waals surface area (Å²) in [5.74, 6) is -2.14. The fourth-order valence-corrected chi connectivity index (χ4v) is 2.91. The molecule has 1 aromatic carbocycles. The van der Waals surface area contributed by atoms with E-state index in [2.05, 4.69) is 20.1 Å². The predicted octanol–water partition coefficient (Wildman–Crippen LogP) is 4.40. The molecule has 3 aromatic rings. The second-order valence-electron chi connectivity index (χ2n) is 6.66. The van der Waals surface area contributed by atoms with Crippen LogP contribution in [0.2, 0.25) is 0 Å². The van der Waals surface area contributed by atoms with Gasteiger partial charge in [-0.05, 0) is 31.0 Å². The number of hydrogen-bond donors (Lipinski definition) is 2. The lowest BCUT2D eigenvalue weighted by Crippen LogP contribution is -2.17. The molecule has 1 aliphatic rings. The highest BCUT2D eigenvalue weighted by atomic mass is 19.4. The lowest BCUT2D eigenvalue weighted by atomic mass is 10.2. The van der Waals surface area contributed by atoms with Crippen LogP contribution in [-0.4, -0.2) is 32.0 Å². The molecule has 7 nitrogen and oxygen atoms in total. The summed E-state index contributed by atoms with van der Waals surface area (Å²) in [6, 6.07) is 3.84. The van der Waals surface area contributed by atoms with Crippen LogP contribution in [0.1, 0.15) is 46.9 Å². The van der Waals surface area contributed by atoms with Crippen LogP contribution in [0.25, 0.3) is 5.65 Å². The van der Waals surface area contributed by atoms with Gasteiger partial charge in [-0.25, -0.2) is 18.3 Å². The molecule has 0 spiro atoms. The van der Waals surface area contributed by atoms with Crippen molar-refractivity contribution >= 4 is 17.2 Å². The number of carbonyl (C=O) groups excluding carboxylic acids is 1. The number of aromatic nitrogens is 3. The van der Waals surface area contributed by atoms with E-state index in [0.29, 0.717) is 11.8 Å². The highest BCUT2D eigenvalue weighted by molar-refractivity contribution is 6.08. The zero-order valence-corrected chi connectivity index (χ0v) is 15.0. The first-order valence-electron chi connectivity index (χ1n) is 8.69. The third-order valence-corrected chi connectivity index (χ3v) is 4.43. The van der Waals surface area contributed by atoms with Crippen LogP contribution in [0.4, 0.5) is 27.6 Å². The predicted molar refractivity (Wildman–Crippen MR) is 92.7 cm³/mol. The van der Waals surface area contributed by atoms with E-state index in [9.17, 15) is 31.9 Å². The monoisotopic (exact) mass is 428 g/mol. The minimum absolute atomic E-state index is 0.0449. The molecule has 2 aromatic heterocycles. The van der Waals surface area contributed by atoms with Gasteiger partial charge in [0.15, 0.2) is 5.65 Å². The standard InChI is InChI=1S/C18H13F5N4O3/c19-15(20)13-6-12(8-1-2-8)25-16-10(7-24-27(13)16)17(29)26-11-4-3-9(5-14(11)28)30-18(21,22)23/h3-8,15,28H,1-2H2,(H,26,29). The Hall–Kier alpha value is -3.44. The SMILES string of the molecule is O=C(Nc1ccc(OC(F)(F)F)cc1O)c1cnn2c(C(F)F)cc(C3CC3)nc12. The zero-order chi connectivity index (χ0) is 21.6. The van der Waals surface area contributed by atoms with E-state index in [1.165, 1.54) is 6.07 Å². The summed E-state index contributed by atoms with van der Waals surface area (Å²) < 4.78 is 68.1. The van der Waals surface area contributed by atoms with Crippen LogP contribution in [-0.2, 0) is 0 Å². The van der Waals surface area contributed by atoms with Gasteiger partial charge in [0.25, 0.3) is 12.3 Å². The molecule has 0 saturated heterocycles. The molecule has 1 saturated carbocycles. The average Bonchev–Trinajstić information content (AvgIpc) is 3.41. The van der Waals surface area contributed by atoms with Gasteiger partial charge < -0.3 is 15.2 Å². The average molecular weight is 428 g/mol. The molecule has 0 atom stereocenters. The Bertz CT molecular complexity index is 1120. The first-order valence-corrected chi connectivity index (χ1v) is 8.69. The molecule has 0 unspecified atom stereocenters. The molecule has 2 heterocycles. The first kappa shape index (κ1) is 19.9. The number of anilines is 1. The van der Waals surface area contributed by atoms with Crippen LogP contribution in [0.3, 0.4) is 0 Å². The summed E-state index contributed by atoms with van der Waals surface area (Å²) in [6.07, 6.45) is -5.11. The molecule has 4 rings (SSSR count). The zero-order valence-electron chi connectivity index (χ0n) is 15.0. The van der Waals surface area contributed by atoms with E-state index in [0.717, 1.165) is 35.7 Å². The quantitative estimate of drug-likeness (QED) is 0.465. The number of benzene rings is 1. The summed E-state index contributed by atoms with van der Waals surface area (Å²) in [6.45, 7) is 0. The van der Waals surface area contributed by atoms with Crippen LogP contribution in [0.5, 0.6) is 11.5 Å². The number of phenols is 1. The molecule has 12 heteroatoms. The lowest BCUT2D eigenvalue weighted by molar-refractivity contribution is -0.274. The third-order valence-electron chi connectivity index (χ3n) is 4.43. The van der Waals surface area contributed by atoms with Crippen molar-refractivity contribution in [2.75, 3.05) is 5.32 Å². The topological polar surface area (TPSA) is 88.8 Å². The Morgan fingerprint density at radius 1 is 1.27 bits per heavy atom. The molecule has 2 N–H and O–H groups in total. The van der Waals surface area contributed by atoms with Gasteiger partial charge >= 0.3 is 6.36 Å². The molecule has 0 aliphatic heterocycles. The van der Waals surface area contributed by atoms with Gasteiger partial charge in [-0.1, -0.05) is 0 Å². The molecule has 30 heavy (non-hydrogen) atoms. The number of halogens is 5. The molecular formula is C18H13F5N4O3. The summed E-state index contributed by atoms with van der Waals surface area (Å²) in [4.78, 5) is 16.9. The van der Waals surface area contributed by atoms with Crippen molar-refractivity contribution in [1.82, 2.24) is 14.6 Å². The summed E-state index contributed by atoms with van der Waals surface area (Å²) in [7, 11) is 0. The third kappa shape index (κ3) is 3.98. The summed E-state index contributed by atoms with van der Waals surface area (Å²) in [5.41, 5.74) is -0.388. The maximum atomic E-state index is 13.4. The van der Waals surface area contributed by atoms with Crippen LogP contribution >= 0.6 is 0 Å². The molecule has 1 fully saturated rings. The first-order chi connectivity index (χ1) is 14.1.